The molecule has 0 saturated heterocycles. The number of amides is 2. The van der Waals surface area contributed by atoms with E-state index in [2.05, 4.69) is 34.9 Å². The van der Waals surface area contributed by atoms with E-state index in [9.17, 15) is 9.59 Å². The van der Waals surface area contributed by atoms with Crippen molar-refractivity contribution in [3.63, 3.8) is 0 Å². The van der Waals surface area contributed by atoms with Gasteiger partial charge in [0.15, 0.2) is 0 Å². The Morgan fingerprint density at radius 1 is 0.966 bits per heavy atom. The monoisotopic (exact) mass is 398 g/mol. The van der Waals surface area contributed by atoms with Gasteiger partial charge in [0.25, 0.3) is 0 Å². The number of rotatable bonds is 7. The Morgan fingerprint density at radius 3 is 2.28 bits per heavy atom. The Kier molecular flexibility index (Phi) is 7.65. The smallest absolute Gasteiger partial charge is 0.412 e. The number of carbonyl (C=O) groups excluding carboxylic acids is 2. The van der Waals surface area contributed by atoms with Crippen molar-refractivity contribution in [2.45, 2.75) is 52.6 Å². The van der Waals surface area contributed by atoms with Gasteiger partial charge in [0.1, 0.15) is 11.4 Å². The van der Waals surface area contributed by atoms with Crippen molar-refractivity contribution >= 4 is 23.4 Å². The number of methoxy groups -OCH3 is 1. The second-order valence-corrected chi connectivity index (χ2v) is 7.93. The summed E-state index contributed by atoms with van der Waals surface area (Å²) in [7, 11) is 1.55. The molecular weight excluding hydrogens is 368 g/mol. The first kappa shape index (κ1) is 22.3. The van der Waals surface area contributed by atoms with E-state index in [1.54, 1.807) is 46.1 Å². The summed E-state index contributed by atoms with van der Waals surface area (Å²) in [4.78, 5) is 24.5. The van der Waals surface area contributed by atoms with Crippen LogP contribution in [0.2, 0.25) is 0 Å². The molecule has 0 unspecified atom stereocenters. The first-order valence-corrected chi connectivity index (χ1v) is 9.70. The average Bonchev–Trinajstić information content (AvgIpc) is 2.63. The number of aryl methyl sites for hydroxylation is 2. The van der Waals surface area contributed by atoms with E-state index < -0.39 is 11.7 Å². The van der Waals surface area contributed by atoms with Gasteiger partial charge >= 0.3 is 6.09 Å². The molecule has 6 nitrogen and oxygen atoms in total. The molecule has 0 aliphatic rings. The van der Waals surface area contributed by atoms with Crippen LogP contribution >= 0.6 is 0 Å². The van der Waals surface area contributed by atoms with Gasteiger partial charge in [-0.15, -0.1) is 0 Å². The fourth-order valence-corrected chi connectivity index (χ4v) is 2.70. The molecule has 2 aromatic carbocycles. The highest BCUT2D eigenvalue weighted by molar-refractivity contribution is 5.98. The van der Waals surface area contributed by atoms with Crippen molar-refractivity contribution in [2.75, 3.05) is 17.7 Å². The Balaban J connectivity index is 1.98. The van der Waals surface area contributed by atoms with Gasteiger partial charge in [-0.25, -0.2) is 4.79 Å². The summed E-state index contributed by atoms with van der Waals surface area (Å²) in [6, 6.07) is 13.4. The molecule has 156 valence electrons. The summed E-state index contributed by atoms with van der Waals surface area (Å²) >= 11 is 0. The van der Waals surface area contributed by atoms with Crippen LogP contribution in [0.4, 0.5) is 16.2 Å². The maximum Gasteiger partial charge on any atom is 0.412 e. The van der Waals surface area contributed by atoms with Gasteiger partial charge < -0.3 is 14.8 Å². The van der Waals surface area contributed by atoms with Crippen LogP contribution in [0.25, 0.3) is 0 Å². The minimum absolute atomic E-state index is 0.127. The van der Waals surface area contributed by atoms with E-state index in [1.807, 2.05) is 6.92 Å². The second kappa shape index (κ2) is 9.96. The third kappa shape index (κ3) is 7.86. The molecule has 6 heteroatoms. The molecule has 2 rings (SSSR count). The molecule has 0 aliphatic carbocycles. The van der Waals surface area contributed by atoms with Gasteiger partial charge in [-0.05, 0) is 58.2 Å². The SMILES string of the molecule is COc1ccc(NC(=O)OC(C)(C)C)c(NC(=O)CCCc2ccc(C)cc2)c1. The summed E-state index contributed by atoms with van der Waals surface area (Å²) in [6.07, 6.45) is 1.34. The van der Waals surface area contributed by atoms with Crippen molar-refractivity contribution in [3.8, 4) is 5.75 Å². The second-order valence-electron chi connectivity index (χ2n) is 7.93. The molecular formula is C23H30N2O4. The van der Waals surface area contributed by atoms with Gasteiger partial charge in [0.2, 0.25) is 5.91 Å². The number of ether oxygens (including phenoxy) is 2. The standard InChI is InChI=1S/C23H30N2O4/c1-16-9-11-17(12-10-16)7-6-8-21(26)24-20-15-18(28-5)13-14-19(20)25-22(27)29-23(2,3)4/h9-15H,6-8H2,1-5H3,(H,24,26)(H,25,27). The fraction of sp³-hybridized carbons (Fsp3) is 0.391. The third-order valence-electron chi connectivity index (χ3n) is 4.13. The van der Waals surface area contributed by atoms with Crippen LogP contribution in [0, 0.1) is 6.92 Å². The summed E-state index contributed by atoms with van der Waals surface area (Å²) in [5.41, 5.74) is 2.73. The van der Waals surface area contributed by atoms with Crippen LogP contribution in [0.15, 0.2) is 42.5 Å². The minimum Gasteiger partial charge on any atom is -0.497 e. The molecule has 0 fully saturated rings. The lowest BCUT2D eigenvalue weighted by Gasteiger charge is -2.20. The van der Waals surface area contributed by atoms with Crippen LogP contribution in [0.5, 0.6) is 5.75 Å². The number of hydrogen-bond acceptors (Lipinski definition) is 4. The van der Waals surface area contributed by atoms with Crippen molar-refractivity contribution in [3.05, 3.63) is 53.6 Å². The molecule has 0 bridgehead atoms. The van der Waals surface area contributed by atoms with E-state index in [1.165, 1.54) is 11.1 Å². The number of hydrogen-bond donors (Lipinski definition) is 2. The van der Waals surface area contributed by atoms with Gasteiger partial charge in [0, 0.05) is 12.5 Å². The number of benzene rings is 2. The maximum atomic E-state index is 12.4. The zero-order chi connectivity index (χ0) is 21.4. The Bertz CT molecular complexity index is 839. The predicted molar refractivity (Wildman–Crippen MR) is 116 cm³/mol. The lowest BCUT2D eigenvalue weighted by molar-refractivity contribution is -0.116. The lowest BCUT2D eigenvalue weighted by Crippen LogP contribution is -2.27. The van der Waals surface area contributed by atoms with Crippen molar-refractivity contribution < 1.29 is 19.1 Å². The van der Waals surface area contributed by atoms with Crippen molar-refractivity contribution in [1.29, 1.82) is 0 Å². The molecule has 0 atom stereocenters. The Morgan fingerprint density at radius 2 is 1.66 bits per heavy atom. The predicted octanol–water partition coefficient (Wildman–Crippen LogP) is 5.31. The summed E-state index contributed by atoms with van der Waals surface area (Å²) in [5.74, 6) is 0.451. The largest absolute Gasteiger partial charge is 0.497 e. The van der Waals surface area contributed by atoms with Crippen LogP contribution < -0.4 is 15.4 Å². The minimum atomic E-state index is -0.615. The van der Waals surface area contributed by atoms with Crippen molar-refractivity contribution in [2.24, 2.45) is 0 Å². The van der Waals surface area contributed by atoms with E-state index in [0.29, 0.717) is 23.5 Å². The van der Waals surface area contributed by atoms with Crippen LogP contribution in [0.3, 0.4) is 0 Å². The van der Waals surface area contributed by atoms with Crippen LogP contribution in [-0.4, -0.2) is 24.7 Å². The van der Waals surface area contributed by atoms with Gasteiger partial charge in [-0.3, -0.25) is 10.1 Å². The van der Waals surface area contributed by atoms with E-state index in [4.69, 9.17) is 9.47 Å². The molecule has 0 aromatic heterocycles. The number of anilines is 2. The molecule has 2 aromatic rings. The third-order valence-corrected chi connectivity index (χ3v) is 4.13. The summed E-state index contributed by atoms with van der Waals surface area (Å²) < 4.78 is 10.5. The molecule has 2 N–H and O–H groups in total. The topological polar surface area (TPSA) is 76.7 Å². The van der Waals surface area contributed by atoms with Crippen molar-refractivity contribution in [1.82, 2.24) is 0 Å². The quantitative estimate of drug-likeness (QED) is 0.662. The molecule has 29 heavy (non-hydrogen) atoms. The molecule has 0 heterocycles. The number of carbonyl (C=O) groups is 2. The van der Waals surface area contributed by atoms with Gasteiger partial charge in [0.05, 0.1) is 18.5 Å². The van der Waals surface area contributed by atoms with Gasteiger partial charge in [-0.1, -0.05) is 29.8 Å². The molecule has 0 saturated carbocycles. The van der Waals surface area contributed by atoms with Crippen LogP contribution in [0.1, 0.15) is 44.7 Å². The summed E-state index contributed by atoms with van der Waals surface area (Å²) in [5, 5.41) is 5.54. The molecule has 0 spiro atoms. The number of nitrogens with one attached hydrogen (secondary N) is 2. The molecule has 0 aliphatic heterocycles. The molecule has 0 radical (unpaired) electrons. The van der Waals surface area contributed by atoms with E-state index in [-0.39, 0.29) is 5.91 Å². The van der Waals surface area contributed by atoms with E-state index >= 15 is 0 Å². The lowest BCUT2D eigenvalue weighted by atomic mass is 10.1. The highest BCUT2D eigenvalue weighted by atomic mass is 16.6. The highest BCUT2D eigenvalue weighted by Crippen LogP contribution is 2.28. The first-order chi connectivity index (χ1) is 13.7. The fourth-order valence-electron chi connectivity index (χ4n) is 2.70. The van der Waals surface area contributed by atoms with Gasteiger partial charge in [-0.2, -0.15) is 0 Å². The van der Waals surface area contributed by atoms with E-state index in [0.717, 1.165) is 12.8 Å². The maximum absolute atomic E-state index is 12.4. The Labute approximate surface area is 172 Å². The zero-order valence-electron chi connectivity index (χ0n) is 17.8. The highest BCUT2D eigenvalue weighted by Gasteiger charge is 2.18. The first-order valence-electron chi connectivity index (χ1n) is 9.70. The zero-order valence-corrected chi connectivity index (χ0v) is 17.8. The summed E-state index contributed by atoms with van der Waals surface area (Å²) in [6.45, 7) is 7.42. The Hall–Kier alpha value is -3.02. The van der Waals surface area contributed by atoms with Crippen LogP contribution in [-0.2, 0) is 16.0 Å². The normalized spacial score (nSPS) is 10.9. The average molecular weight is 399 g/mol. The molecule has 2 amide bonds.